The molecule has 21 heavy (non-hydrogen) atoms. The fraction of sp³-hybridized carbons (Fsp3) is 0.667. The molecule has 6 heteroatoms. The molecule has 0 amide bonds. The van der Waals surface area contributed by atoms with Crippen molar-refractivity contribution in [1.82, 2.24) is 4.98 Å². The number of ether oxygens (including phenoxy) is 1. The lowest BCUT2D eigenvalue weighted by molar-refractivity contribution is -0.384. The second-order valence-corrected chi connectivity index (χ2v) is 6.73. The lowest BCUT2D eigenvalue weighted by atomic mass is 9.70. The summed E-state index contributed by atoms with van der Waals surface area (Å²) in [5.74, 6) is 1.27. The van der Waals surface area contributed by atoms with Crippen LogP contribution in [0.5, 0.6) is 5.88 Å². The number of anilines is 1. The molecule has 0 bridgehead atoms. The Morgan fingerprint density at radius 2 is 2.14 bits per heavy atom. The summed E-state index contributed by atoms with van der Waals surface area (Å²) in [7, 11) is 1.50. The molecular weight excluding hydrogens is 270 g/mol. The Balaban J connectivity index is 2.23. The summed E-state index contributed by atoms with van der Waals surface area (Å²) in [4.78, 5) is 14.9. The summed E-state index contributed by atoms with van der Waals surface area (Å²) < 4.78 is 5.07. The van der Waals surface area contributed by atoms with Crippen LogP contribution in [0.1, 0.15) is 40.0 Å². The topological polar surface area (TPSA) is 77.3 Å². The standard InChI is InChI=1S/C15H23N3O3/c1-10-7-11(9-15(2,3)8-10)16-14-12(18(19)20)5-6-13(17-14)21-4/h5-6,10-11H,7-9H2,1-4H3,(H,16,17)/t10-,11?/m0/s1. The number of nitrogens with zero attached hydrogens (tertiary/aromatic N) is 2. The Morgan fingerprint density at radius 3 is 2.71 bits per heavy atom. The third-order valence-electron chi connectivity index (χ3n) is 3.98. The van der Waals surface area contributed by atoms with Gasteiger partial charge in [-0.1, -0.05) is 20.8 Å². The number of nitro groups is 1. The number of aromatic nitrogens is 1. The minimum Gasteiger partial charge on any atom is -0.481 e. The third-order valence-corrected chi connectivity index (χ3v) is 3.98. The maximum absolute atomic E-state index is 11.1. The first-order chi connectivity index (χ1) is 9.80. The molecule has 1 fully saturated rings. The van der Waals surface area contributed by atoms with E-state index in [9.17, 15) is 10.1 Å². The molecule has 1 aliphatic rings. The van der Waals surface area contributed by atoms with Crippen molar-refractivity contribution in [3.05, 3.63) is 22.2 Å². The van der Waals surface area contributed by atoms with E-state index in [2.05, 4.69) is 31.1 Å². The predicted molar refractivity (Wildman–Crippen MR) is 81.7 cm³/mol. The Kier molecular flexibility index (Phi) is 4.34. The second-order valence-electron chi connectivity index (χ2n) is 6.73. The molecule has 1 saturated carbocycles. The normalized spacial score (nSPS) is 24.4. The summed E-state index contributed by atoms with van der Waals surface area (Å²) in [6.45, 7) is 6.71. The molecule has 0 spiro atoms. The molecule has 1 heterocycles. The van der Waals surface area contributed by atoms with Gasteiger partial charge in [0.25, 0.3) is 0 Å². The Bertz CT molecular complexity index is 531. The van der Waals surface area contributed by atoms with Gasteiger partial charge >= 0.3 is 5.69 Å². The van der Waals surface area contributed by atoms with Gasteiger partial charge in [0.1, 0.15) is 0 Å². The van der Waals surface area contributed by atoms with Crippen LogP contribution in [0.2, 0.25) is 0 Å². The first kappa shape index (κ1) is 15.5. The zero-order chi connectivity index (χ0) is 15.6. The molecule has 1 N–H and O–H groups in total. The summed E-state index contributed by atoms with van der Waals surface area (Å²) in [5.41, 5.74) is 0.232. The van der Waals surface area contributed by atoms with Gasteiger partial charge in [0.15, 0.2) is 0 Å². The number of rotatable bonds is 4. The molecule has 116 valence electrons. The highest BCUT2D eigenvalue weighted by Crippen LogP contribution is 2.40. The SMILES string of the molecule is COc1ccc([N+](=O)[O-])c(NC2C[C@H](C)CC(C)(C)C2)n1. The van der Waals surface area contributed by atoms with Crippen molar-refractivity contribution in [3.63, 3.8) is 0 Å². The van der Waals surface area contributed by atoms with Gasteiger partial charge in [0.2, 0.25) is 11.7 Å². The lowest BCUT2D eigenvalue weighted by Gasteiger charge is -2.39. The Morgan fingerprint density at radius 1 is 1.43 bits per heavy atom. The smallest absolute Gasteiger partial charge is 0.311 e. The first-order valence-electron chi connectivity index (χ1n) is 7.27. The number of hydrogen-bond donors (Lipinski definition) is 1. The number of hydrogen-bond acceptors (Lipinski definition) is 5. The second kappa shape index (κ2) is 5.87. The van der Waals surface area contributed by atoms with E-state index in [1.165, 1.54) is 25.7 Å². The van der Waals surface area contributed by atoms with Gasteiger partial charge in [-0.15, -0.1) is 0 Å². The molecule has 2 rings (SSSR count). The zero-order valence-corrected chi connectivity index (χ0v) is 13.0. The van der Waals surface area contributed by atoms with Crippen LogP contribution in [0.25, 0.3) is 0 Å². The molecule has 1 aromatic heterocycles. The number of methoxy groups -OCH3 is 1. The molecular formula is C15H23N3O3. The van der Waals surface area contributed by atoms with Gasteiger partial charge in [-0.2, -0.15) is 4.98 Å². The largest absolute Gasteiger partial charge is 0.481 e. The summed E-state index contributed by atoms with van der Waals surface area (Å²) >= 11 is 0. The predicted octanol–water partition coefficient (Wildman–Crippen LogP) is 3.63. The molecule has 1 unspecified atom stereocenters. The lowest BCUT2D eigenvalue weighted by Crippen LogP contribution is -2.35. The minimum atomic E-state index is -0.411. The Hall–Kier alpha value is -1.85. The van der Waals surface area contributed by atoms with E-state index in [-0.39, 0.29) is 17.1 Å². The van der Waals surface area contributed by atoms with Crippen LogP contribution < -0.4 is 10.1 Å². The highest BCUT2D eigenvalue weighted by Gasteiger charge is 2.33. The van der Waals surface area contributed by atoms with Crippen molar-refractivity contribution in [2.75, 3.05) is 12.4 Å². The van der Waals surface area contributed by atoms with Gasteiger partial charge in [-0.05, 0) is 30.6 Å². The number of nitrogens with one attached hydrogen (secondary N) is 1. The van der Waals surface area contributed by atoms with Gasteiger partial charge in [0, 0.05) is 18.2 Å². The molecule has 0 aliphatic heterocycles. The average molecular weight is 293 g/mol. The summed E-state index contributed by atoms with van der Waals surface area (Å²) in [6, 6.07) is 3.14. The zero-order valence-electron chi connectivity index (χ0n) is 13.0. The van der Waals surface area contributed by atoms with Crippen LogP contribution in [0.3, 0.4) is 0 Å². The van der Waals surface area contributed by atoms with Crippen molar-refractivity contribution in [2.24, 2.45) is 11.3 Å². The summed E-state index contributed by atoms with van der Waals surface area (Å²) in [5, 5.41) is 14.4. The molecule has 0 aromatic carbocycles. The Labute approximate surface area is 125 Å². The van der Waals surface area contributed by atoms with Gasteiger partial charge < -0.3 is 10.1 Å². The molecule has 6 nitrogen and oxygen atoms in total. The quantitative estimate of drug-likeness (QED) is 0.677. The van der Waals surface area contributed by atoms with Gasteiger partial charge in [-0.25, -0.2) is 0 Å². The average Bonchev–Trinajstić information content (AvgIpc) is 2.35. The molecule has 2 atom stereocenters. The van der Waals surface area contributed by atoms with Crippen LogP contribution in [0, 0.1) is 21.4 Å². The fourth-order valence-electron chi connectivity index (χ4n) is 3.45. The van der Waals surface area contributed by atoms with E-state index < -0.39 is 4.92 Å². The highest BCUT2D eigenvalue weighted by molar-refractivity contribution is 5.57. The minimum absolute atomic E-state index is 0.00756. The van der Waals surface area contributed by atoms with Gasteiger partial charge in [0.05, 0.1) is 12.0 Å². The molecule has 0 radical (unpaired) electrons. The van der Waals surface area contributed by atoms with Crippen molar-refractivity contribution in [1.29, 1.82) is 0 Å². The van der Waals surface area contributed by atoms with Crippen LogP contribution >= 0.6 is 0 Å². The van der Waals surface area contributed by atoms with Crippen LogP contribution in [-0.4, -0.2) is 23.1 Å². The van der Waals surface area contributed by atoms with Crippen molar-refractivity contribution >= 4 is 11.5 Å². The monoisotopic (exact) mass is 293 g/mol. The molecule has 1 aromatic rings. The number of pyridine rings is 1. The van der Waals surface area contributed by atoms with Gasteiger partial charge in [-0.3, -0.25) is 10.1 Å². The van der Waals surface area contributed by atoms with E-state index in [0.717, 1.165) is 12.8 Å². The fourth-order valence-corrected chi connectivity index (χ4v) is 3.45. The van der Waals surface area contributed by atoms with Crippen molar-refractivity contribution in [2.45, 2.75) is 46.1 Å². The first-order valence-corrected chi connectivity index (χ1v) is 7.27. The maximum Gasteiger partial charge on any atom is 0.311 e. The van der Waals surface area contributed by atoms with E-state index >= 15 is 0 Å². The van der Waals surface area contributed by atoms with Crippen molar-refractivity contribution in [3.8, 4) is 5.88 Å². The van der Waals surface area contributed by atoms with Crippen LogP contribution in [0.15, 0.2) is 12.1 Å². The molecule has 1 aliphatic carbocycles. The highest BCUT2D eigenvalue weighted by atomic mass is 16.6. The maximum atomic E-state index is 11.1. The summed E-state index contributed by atoms with van der Waals surface area (Å²) in [6.07, 6.45) is 3.16. The van der Waals surface area contributed by atoms with E-state index in [1.807, 2.05) is 0 Å². The van der Waals surface area contributed by atoms with Crippen LogP contribution in [-0.2, 0) is 0 Å². The van der Waals surface area contributed by atoms with Crippen molar-refractivity contribution < 1.29 is 9.66 Å². The van der Waals surface area contributed by atoms with E-state index in [0.29, 0.717) is 17.6 Å². The van der Waals surface area contributed by atoms with Crippen LogP contribution in [0.4, 0.5) is 11.5 Å². The molecule has 0 saturated heterocycles. The third kappa shape index (κ3) is 3.83. The van der Waals surface area contributed by atoms with E-state index in [1.54, 1.807) is 0 Å². The van der Waals surface area contributed by atoms with E-state index in [4.69, 9.17) is 4.74 Å².